The lowest BCUT2D eigenvalue weighted by Crippen LogP contribution is -2.43. The monoisotopic (exact) mass is 521 g/mol. The van der Waals surface area contributed by atoms with Gasteiger partial charge in [-0.05, 0) is 51.1 Å². The number of thiazole rings is 1. The van der Waals surface area contributed by atoms with Gasteiger partial charge in [-0.3, -0.25) is 20.4 Å². The van der Waals surface area contributed by atoms with Crippen LogP contribution >= 0.6 is 11.3 Å². The maximum absolute atomic E-state index is 12.9. The predicted octanol–water partition coefficient (Wildman–Crippen LogP) is 3.81. The predicted molar refractivity (Wildman–Crippen MR) is 143 cm³/mol. The van der Waals surface area contributed by atoms with Gasteiger partial charge in [-0.1, -0.05) is 6.07 Å². The molecule has 5 rings (SSSR count). The molecule has 0 bridgehead atoms. The van der Waals surface area contributed by atoms with Crippen LogP contribution in [-0.4, -0.2) is 76.5 Å². The first-order valence-corrected chi connectivity index (χ1v) is 13.4. The van der Waals surface area contributed by atoms with E-state index in [2.05, 4.69) is 37.5 Å². The zero-order chi connectivity index (χ0) is 25.6. The summed E-state index contributed by atoms with van der Waals surface area (Å²) in [5, 5.41) is 8.04. The van der Waals surface area contributed by atoms with Gasteiger partial charge in [0, 0.05) is 55.0 Å². The second-order valence-corrected chi connectivity index (χ2v) is 10.4. The zero-order valence-corrected chi connectivity index (χ0v) is 21.6. The number of amides is 3. The Kier molecular flexibility index (Phi) is 7.90. The number of urea groups is 1. The summed E-state index contributed by atoms with van der Waals surface area (Å²) < 4.78 is 5.93. The number of hydrogen-bond donors (Lipinski definition) is 2. The van der Waals surface area contributed by atoms with E-state index in [9.17, 15) is 9.59 Å². The fourth-order valence-corrected chi connectivity index (χ4v) is 5.54. The lowest BCUT2D eigenvalue weighted by molar-refractivity contribution is -0.136. The van der Waals surface area contributed by atoms with Crippen LogP contribution in [0.1, 0.15) is 19.3 Å². The topological polar surface area (TPSA) is 113 Å². The third-order valence-electron chi connectivity index (χ3n) is 6.68. The maximum Gasteiger partial charge on any atom is 0.326 e. The van der Waals surface area contributed by atoms with Crippen molar-refractivity contribution < 1.29 is 14.3 Å². The van der Waals surface area contributed by atoms with Crippen LogP contribution in [0.2, 0.25) is 0 Å². The van der Waals surface area contributed by atoms with Gasteiger partial charge in [-0.25, -0.2) is 9.78 Å². The second kappa shape index (κ2) is 11.7. The van der Waals surface area contributed by atoms with Crippen molar-refractivity contribution in [3.63, 3.8) is 0 Å². The lowest BCUT2D eigenvalue weighted by Gasteiger charge is -2.31. The standard InChI is InChI=1S/C26H31N7O3S/c1-32-12-3-4-20(15-32)25(34)33-13-9-18(14-33)16-36-23-6-2-5-21(28-23)30-26(35)31-22-17-37-24(29-22)19-7-10-27-11-8-19/h2,5-8,10-11,17-18,20H,3-4,9,12-16H2,1H3,(H2,28,30,31,35). The molecular formula is C26H31N7O3S. The molecule has 2 saturated heterocycles. The number of nitrogens with zero attached hydrogens (tertiary/aromatic N) is 5. The minimum absolute atomic E-state index is 0.112. The quantitative estimate of drug-likeness (QED) is 0.486. The number of carbonyl (C=O) groups excluding carboxylic acids is 2. The Hall–Kier alpha value is -3.57. The Balaban J connectivity index is 1.09. The number of anilines is 2. The summed E-state index contributed by atoms with van der Waals surface area (Å²) in [7, 11) is 2.08. The van der Waals surface area contributed by atoms with Crippen LogP contribution in [0.3, 0.4) is 0 Å². The van der Waals surface area contributed by atoms with Crippen LogP contribution in [0.4, 0.5) is 16.4 Å². The van der Waals surface area contributed by atoms with Gasteiger partial charge in [0.15, 0.2) is 0 Å². The van der Waals surface area contributed by atoms with Crippen molar-refractivity contribution in [2.24, 2.45) is 11.8 Å². The fraction of sp³-hybridized carbons (Fsp3) is 0.423. The van der Waals surface area contributed by atoms with Gasteiger partial charge in [0.1, 0.15) is 16.6 Å². The molecule has 3 amide bonds. The maximum atomic E-state index is 12.9. The highest BCUT2D eigenvalue weighted by Gasteiger charge is 2.32. The summed E-state index contributed by atoms with van der Waals surface area (Å²) in [5.41, 5.74) is 0.941. The van der Waals surface area contributed by atoms with Crippen LogP contribution in [-0.2, 0) is 4.79 Å². The molecule has 2 atom stereocenters. The van der Waals surface area contributed by atoms with E-state index in [-0.39, 0.29) is 17.7 Å². The summed E-state index contributed by atoms with van der Waals surface area (Å²) >= 11 is 1.44. The normalized spacial score (nSPS) is 20.0. The van der Waals surface area contributed by atoms with Crippen molar-refractivity contribution in [3.05, 3.63) is 48.1 Å². The zero-order valence-electron chi connectivity index (χ0n) is 20.8. The summed E-state index contributed by atoms with van der Waals surface area (Å²) in [4.78, 5) is 42.5. The molecule has 3 aromatic heterocycles. The van der Waals surface area contributed by atoms with E-state index in [0.717, 1.165) is 49.5 Å². The molecule has 37 heavy (non-hydrogen) atoms. The van der Waals surface area contributed by atoms with Crippen molar-refractivity contribution in [3.8, 4) is 16.5 Å². The smallest absolute Gasteiger partial charge is 0.326 e. The van der Waals surface area contributed by atoms with Crippen molar-refractivity contribution in [2.45, 2.75) is 19.3 Å². The molecule has 2 N–H and O–H groups in total. The number of rotatable bonds is 7. The number of pyridine rings is 2. The number of nitrogens with one attached hydrogen (secondary N) is 2. The number of piperidine rings is 1. The van der Waals surface area contributed by atoms with Gasteiger partial charge in [0.05, 0.1) is 12.5 Å². The number of carbonyl (C=O) groups is 2. The Bertz CT molecular complexity index is 1220. The van der Waals surface area contributed by atoms with Gasteiger partial charge in [0.25, 0.3) is 0 Å². The molecule has 11 heteroatoms. The largest absolute Gasteiger partial charge is 0.477 e. The van der Waals surface area contributed by atoms with Crippen molar-refractivity contribution >= 4 is 34.9 Å². The van der Waals surface area contributed by atoms with E-state index in [0.29, 0.717) is 30.7 Å². The molecule has 0 saturated carbocycles. The van der Waals surface area contributed by atoms with E-state index in [4.69, 9.17) is 4.74 Å². The first kappa shape index (κ1) is 25.1. The van der Waals surface area contributed by atoms with E-state index in [1.54, 1.807) is 36.0 Å². The average Bonchev–Trinajstić information content (AvgIpc) is 3.58. The van der Waals surface area contributed by atoms with Crippen LogP contribution in [0, 0.1) is 11.8 Å². The van der Waals surface area contributed by atoms with Gasteiger partial charge in [0.2, 0.25) is 11.8 Å². The van der Waals surface area contributed by atoms with Crippen LogP contribution in [0.15, 0.2) is 48.1 Å². The second-order valence-electron chi connectivity index (χ2n) is 9.57. The number of ether oxygens (including phenoxy) is 1. The first-order valence-electron chi connectivity index (χ1n) is 12.5. The Morgan fingerprint density at radius 2 is 1.89 bits per heavy atom. The van der Waals surface area contributed by atoms with Crippen molar-refractivity contribution in [1.29, 1.82) is 0 Å². The SMILES string of the molecule is CN1CCCC(C(=O)N2CCC(COc3cccc(NC(=O)Nc4csc(-c5ccncc5)n4)n3)C2)C1. The number of likely N-dealkylation sites (tertiary alicyclic amines) is 2. The Labute approximate surface area is 220 Å². The van der Waals surface area contributed by atoms with Gasteiger partial charge < -0.3 is 14.5 Å². The molecule has 2 aliphatic heterocycles. The van der Waals surface area contributed by atoms with Crippen molar-refractivity contribution in [1.82, 2.24) is 24.8 Å². The number of hydrogen-bond acceptors (Lipinski definition) is 8. The van der Waals surface area contributed by atoms with E-state index < -0.39 is 6.03 Å². The minimum atomic E-state index is -0.436. The van der Waals surface area contributed by atoms with E-state index in [1.807, 2.05) is 17.0 Å². The molecule has 2 fully saturated rings. The van der Waals surface area contributed by atoms with E-state index in [1.165, 1.54) is 11.3 Å². The first-order chi connectivity index (χ1) is 18.0. The molecule has 0 radical (unpaired) electrons. The highest BCUT2D eigenvalue weighted by molar-refractivity contribution is 7.13. The van der Waals surface area contributed by atoms with Crippen LogP contribution in [0.25, 0.3) is 10.6 Å². The molecule has 194 valence electrons. The highest BCUT2D eigenvalue weighted by Crippen LogP contribution is 2.26. The summed E-state index contributed by atoms with van der Waals surface area (Å²) in [6.07, 6.45) is 6.39. The number of aromatic nitrogens is 3. The Morgan fingerprint density at radius 3 is 2.73 bits per heavy atom. The average molecular weight is 522 g/mol. The minimum Gasteiger partial charge on any atom is -0.477 e. The molecule has 3 aromatic rings. The molecule has 10 nitrogen and oxygen atoms in total. The summed E-state index contributed by atoms with van der Waals surface area (Å²) in [5.74, 6) is 1.93. The van der Waals surface area contributed by atoms with Gasteiger partial charge >= 0.3 is 6.03 Å². The lowest BCUT2D eigenvalue weighted by atomic mass is 9.97. The van der Waals surface area contributed by atoms with Gasteiger partial charge in [-0.15, -0.1) is 11.3 Å². The molecule has 0 aromatic carbocycles. The third kappa shape index (κ3) is 6.60. The van der Waals surface area contributed by atoms with Gasteiger partial charge in [-0.2, -0.15) is 4.98 Å². The third-order valence-corrected chi connectivity index (χ3v) is 7.57. The Morgan fingerprint density at radius 1 is 1.05 bits per heavy atom. The van der Waals surface area contributed by atoms with E-state index >= 15 is 0 Å². The van der Waals surface area contributed by atoms with Crippen LogP contribution < -0.4 is 15.4 Å². The van der Waals surface area contributed by atoms with Crippen LogP contribution in [0.5, 0.6) is 5.88 Å². The fourth-order valence-electron chi connectivity index (χ4n) is 4.79. The summed E-state index contributed by atoms with van der Waals surface area (Å²) in [6.45, 7) is 3.90. The molecule has 2 unspecified atom stereocenters. The molecule has 5 heterocycles. The highest BCUT2D eigenvalue weighted by atomic mass is 32.1. The summed E-state index contributed by atoms with van der Waals surface area (Å²) in [6, 6.07) is 8.55. The molecule has 0 spiro atoms. The molecular weight excluding hydrogens is 490 g/mol. The molecule has 2 aliphatic rings. The molecule has 0 aliphatic carbocycles. The van der Waals surface area contributed by atoms with Crippen molar-refractivity contribution in [2.75, 3.05) is 50.5 Å².